The minimum absolute atomic E-state index is 0.156. The maximum Gasteiger partial charge on any atom is 0.317 e. The van der Waals surface area contributed by atoms with E-state index in [-0.39, 0.29) is 18.5 Å². The summed E-state index contributed by atoms with van der Waals surface area (Å²) in [6.07, 6.45) is 1.57. The van der Waals surface area contributed by atoms with Crippen molar-refractivity contribution >= 4 is 23.2 Å². The number of nitrogens with zero attached hydrogens (tertiary/aromatic N) is 2. The van der Waals surface area contributed by atoms with Gasteiger partial charge in [-0.2, -0.15) is 0 Å². The standard InChI is InChI=1S/C14H14ClN3O3/c1-9-5-6-16-14(17-9)21-8-13(19)18-11-7-10(15)3-4-12(11)20-2/h3-7H,8H2,1-2H3,(H,18,19). The van der Waals surface area contributed by atoms with Crippen molar-refractivity contribution in [3.8, 4) is 11.8 Å². The molecule has 1 N–H and O–H groups in total. The Hall–Kier alpha value is -2.34. The van der Waals surface area contributed by atoms with Crippen molar-refractivity contribution in [2.24, 2.45) is 0 Å². The van der Waals surface area contributed by atoms with E-state index in [0.29, 0.717) is 16.5 Å². The maximum atomic E-state index is 11.9. The second kappa shape index (κ2) is 6.90. The minimum Gasteiger partial charge on any atom is -0.495 e. The highest BCUT2D eigenvalue weighted by Gasteiger charge is 2.09. The number of benzene rings is 1. The third kappa shape index (κ3) is 4.32. The second-order valence-electron chi connectivity index (χ2n) is 4.16. The summed E-state index contributed by atoms with van der Waals surface area (Å²) in [5, 5.41) is 3.15. The molecule has 21 heavy (non-hydrogen) atoms. The van der Waals surface area contributed by atoms with Gasteiger partial charge in [0.2, 0.25) is 0 Å². The summed E-state index contributed by atoms with van der Waals surface area (Å²) < 4.78 is 10.4. The summed E-state index contributed by atoms with van der Waals surface area (Å²) in [5.74, 6) is 0.153. The molecule has 1 aromatic heterocycles. The molecule has 2 aromatic rings. The minimum atomic E-state index is -0.360. The van der Waals surface area contributed by atoms with Crippen molar-refractivity contribution < 1.29 is 14.3 Å². The lowest BCUT2D eigenvalue weighted by atomic mass is 10.3. The number of aromatic nitrogens is 2. The molecule has 7 heteroatoms. The number of aryl methyl sites for hydroxylation is 1. The number of hydrogen-bond donors (Lipinski definition) is 1. The summed E-state index contributed by atoms with van der Waals surface area (Å²) in [5.41, 5.74) is 1.24. The third-order valence-corrected chi connectivity index (χ3v) is 2.78. The van der Waals surface area contributed by atoms with Gasteiger partial charge in [-0.3, -0.25) is 4.79 Å². The lowest BCUT2D eigenvalue weighted by Gasteiger charge is -2.10. The first-order chi connectivity index (χ1) is 10.1. The molecule has 0 saturated heterocycles. The van der Waals surface area contributed by atoms with Gasteiger partial charge in [0.1, 0.15) is 5.75 Å². The van der Waals surface area contributed by atoms with Gasteiger partial charge in [-0.25, -0.2) is 9.97 Å². The molecule has 0 bridgehead atoms. The largest absolute Gasteiger partial charge is 0.495 e. The van der Waals surface area contributed by atoms with Gasteiger partial charge in [0.25, 0.3) is 5.91 Å². The Morgan fingerprint density at radius 3 is 2.90 bits per heavy atom. The number of halogens is 1. The number of methoxy groups -OCH3 is 1. The van der Waals surface area contributed by atoms with E-state index < -0.39 is 0 Å². The van der Waals surface area contributed by atoms with E-state index in [0.717, 1.165) is 5.69 Å². The van der Waals surface area contributed by atoms with Gasteiger partial charge < -0.3 is 14.8 Å². The molecule has 0 saturated carbocycles. The fourth-order valence-corrected chi connectivity index (χ4v) is 1.76. The van der Waals surface area contributed by atoms with Gasteiger partial charge in [0.05, 0.1) is 12.8 Å². The van der Waals surface area contributed by atoms with Gasteiger partial charge in [-0.15, -0.1) is 0 Å². The van der Waals surface area contributed by atoms with Crippen LogP contribution in [0.4, 0.5) is 5.69 Å². The summed E-state index contributed by atoms with van der Waals surface area (Å²) in [7, 11) is 1.51. The third-order valence-electron chi connectivity index (χ3n) is 2.54. The Balaban J connectivity index is 1.97. The Labute approximate surface area is 127 Å². The number of ether oxygens (including phenoxy) is 2. The number of carbonyl (C=O) groups is 1. The van der Waals surface area contributed by atoms with E-state index in [9.17, 15) is 4.79 Å². The Kier molecular flexibility index (Phi) is 4.94. The predicted molar refractivity (Wildman–Crippen MR) is 78.9 cm³/mol. The van der Waals surface area contributed by atoms with Crippen LogP contribution in [0.2, 0.25) is 5.02 Å². The normalized spacial score (nSPS) is 10.0. The molecule has 0 unspecified atom stereocenters. The second-order valence-corrected chi connectivity index (χ2v) is 4.60. The molecule has 0 aliphatic heterocycles. The van der Waals surface area contributed by atoms with Crippen molar-refractivity contribution in [3.63, 3.8) is 0 Å². The summed E-state index contributed by atoms with van der Waals surface area (Å²) >= 11 is 5.89. The number of rotatable bonds is 5. The molecular formula is C14H14ClN3O3. The molecule has 6 nitrogen and oxygen atoms in total. The van der Waals surface area contributed by atoms with Crippen LogP contribution in [0, 0.1) is 6.92 Å². The van der Waals surface area contributed by atoms with E-state index in [2.05, 4.69) is 15.3 Å². The molecule has 0 spiro atoms. The molecule has 110 valence electrons. The molecule has 0 aliphatic rings. The van der Waals surface area contributed by atoms with Crippen LogP contribution in [-0.4, -0.2) is 29.6 Å². The van der Waals surface area contributed by atoms with Gasteiger partial charge in [-0.1, -0.05) is 11.6 Å². The summed E-state index contributed by atoms with van der Waals surface area (Å²) in [4.78, 5) is 19.8. The van der Waals surface area contributed by atoms with Gasteiger partial charge in [0, 0.05) is 16.9 Å². The fraction of sp³-hybridized carbons (Fsp3) is 0.214. The molecular weight excluding hydrogens is 294 g/mol. The monoisotopic (exact) mass is 307 g/mol. The van der Waals surface area contributed by atoms with Crippen LogP contribution >= 0.6 is 11.6 Å². The predicted octanol–water partition coefficient (Wildman–Crippen LogP) is 2.46. The number of amides is 1. The highest BCUT2D eigenvalue weighted by molar-refractivity contribution is 6.31. The first kappa shape index (κ1) is 15.1. The first-order valence-corrected chi connectivity index (χ1v) is 6.52. The lowest BCUT2D eigenvalue weighted by Crippen LogP contribution is -2.21. The van der Waals surface area contributed by atoms with Crippen LogP contribution in [-0.2, 0) is 4.79 Å². The zero-order chi connectivity index (χ0) is 15.2. The van der Waals surface area contributed by atoms with Crippen molar-refractivity contribution in [1.29, 1.82) is 0 Å². The van der Waals surface area contributed by atoms with Crippen LogP contribution in [0.3, 0.4) is 0 Å². The fourth-order valence-electron chi connectivity index (χ4n) is 1.59. The van der Waals surface area contributed by atoms with Crippen molar-refractivity contribution in [3.05, 3.63) is 41.2 Å². The molecule has 0 fully saturated rings. The molecule has 1 aromatic carbocycles. The van der Waals surface area contributed by atoms with Crippen molar-refractivity contribution in [2.75, 3.05) is 19.0 Å². The highest BCUT2D eigenvalue weighted by Crippen LogP contribution is 2.27. The SMILES string of the molecule is COc1ccc(Cl)cc1NC(=O)COc1nccc(C)n1. The smallest absolute Gasteiger partial charge is 0.317 e. The van der Waals surface area contributed by atoms with Crippen molar-refractivity contribution in [2.45, 2.75) is 6.92 Å². The van der Waals surface area contributed by atoms with Gasteiger partial charge in [0.15, 0.2) is 6.61 Å². The highest BCUT2D eigenvalue weighted by atomic mass is 35.5. The number of nitrogens with one attached hydrogen (secondary N) is 1. The zero-order valence-electron chi connectivity index (χ0n) is 11.6. The number of carbonyl (C=O) groups excluding carboxylic acids is 1. The van der Waals surface area contributed by atoms with Crippen LogP contribution in [0.15, 0.2) is 30.5 Å². The summed E-state index contributed by atoms with van der Waals surface area (Å²) in [6, 6.07) is 6.84. The van der Waals surface area contributed by atoms with E-state index in [1.54, 1.807) is 30.5 Å². The number of anilines is 1. The van der Waals surface area contributed by atoms with Crippen molar-refractivity contribution in [1.82, 2.24) is 9.97 Å². The molecule has 0 aliphatic carbocycles. The molecule has 0 radical (unpaired) electrons. The molecule has 1 heterocycles. The number of hydrogen-bond acceptors (Lipinski definition) is 5. The Morgan fingerprint density at radius 1 is 1.38 bits per heavy atom. The van der Waals surface area contributed by atoms with Crippen LogP contribution in [0.1, 0.15) is 5.69 Å². The van der Waals surface area contributed by atoms with Gasteiger partial charge >= 0.3 is 6.01 Å². The molecule has 2 rings (SSSR count). The summed E-state index contributed by atoms with van der Waals surface area (Å²) in [6.45, 7) is 1.60. The molecule has 1 amide bonds. The molecule has 0 atom stereocenters. The zero-order valence-corrected chi connectivity index (χ0v) is 12.3. The van der Waals surface area contributed by atoms with Gasteiger partial charge in [-0.05, 0) is 31.2 Å². The maximum absolute atomic E-state index is 11.9. The Bertz CT molecular complexity index is 649. The van der Waals surface area contributed by atoms with Crippen LogP contribution in [0.5, 0.6) is 11.8 Å². The van der Waals surface area contributed by atoms with Crippen LogP contribution < -0.4 is 14.8 Å². The van der Waals surface area contributed by atoms with E-state index >= 15 is 0 Å². The Morgan fingerprint density at radius 2 is 2.19 bits per heavy atom. The average Bonchev–Trinajstić information content (AvgIpc) is 2.45. The topological polar surface area (TPSA) is 73.3 Å². The van der Waals surface area contributed by atoms with E-state index in [4.69, 9.17) is 21.1 Å². The van der Waals surface area contributed by atoms with E-state index in [1.165, 1.54) is 7.11 Å². The quantitative estimate of drug-likeness (QED) is 0.918. The van der Waals surface area contributed by atoms with E-state index in [1.807, 2.05) is 6.92 Å². The lowest BCUT2D eigenvalue weighted by molar-refractivity contribution is -0.118. The first-order valence-electron chi connectivity index (χ1n) is 6.14. The van der Waals surface area contributed by atoms with Crippen LogP contribution in [0.25, 0.3) is 0 Å². The average molecular weight is 308 g/mol.